The van der Waals surface area contributed by atoms with E-state index in [1.807, 2.05) is 30.3 Å². The van der Waals surface area contributed by atoms with Crippen molar-refractivity contribution in [1.29, 1.82) is 0 Å². The number of nitrogens with zero attached hydrogens (tertiary/aromatic N) is 3. The molecule has 0 aliphatic carbocycles. The highest BCUT2D eigenvalue weighted by Gasteiger charge is 2.06. The largest absolute Gasteiger partial charge is 0.265 e. The molecule has 0 aliphatic rings. The van der Waals surface area contributed by atoms with E-state index in [1.54, 1.807) is 23.7 Å². The normalized spacial score (nSPS) is 10.2. The SMILES string of the molecule is S=C=Nc1ccc2nc(-c3ccncc3)sc2c1. The quantitative estimate of drug-likeness (QED) is 0.519. The lowest BCUT2D eigenvalue weighted by Crippen LogP contribution is -1.75. The van der Waals surface area contributed by atoms with Crippen molar-refractivity contribution in [3.63, 3.8) is 0 Å². The van der Waals surface area contributed by atoms with E-state index in [1.165, 1.54) is 0 Å². The molecule has 0 saturated heterocycles. The molecular weight excluding hydrogens is 262 g/mol. The number of aliphatic imine (C=N–C) groups is 1. The number of fused-ring (bicyclic) bond motifs is 1. The van der Waals surface area contributed by atoms with Gasteiger partial charge in [-0.2, -0.15) is 4.99 Å². The lowest BCUT2D eigenvalue weighted by molar-refractivity contribution is 1.32. The fourth-order valence-electron chi connectivity index (χ4n) is 1.65. The Morgan fingerprint density at radius 3 is 2.78 bits per heavy atom. The Morgan fingerprint density at radius 1 is 1.17 bits per heavy atom. The summed E-state index contributed by atoms with van der Waals surface area (Å²) in [5, 5.41) is 3.35. The zero-order valence-corrected chi connectivity index (χ0v) is 10.8. The van der Waals surface area contributed by atoms with Crippen LogP contribution in [0.4, 0.5) is 5.69 Å². The predicted octanol–water partition coefficient (Wildman–Crippen LogP) is 4.09. The van der Waals surface area contributed by atoms with Crippen LogP contribution in [-0.4, -0.2) is 15.1 Å². The Kier molecular flexibility index (Phi) is 2.94. The molecule has 3 rings (SSSR count). The minimum absolute atomic E-state index is 0.808. The second-order valence-electron chi connectivity index (χ2n) is 3.61. The van der Waals surface area contributed by atoms with E-state index in [2.05, 4.69) is 32.3 Å². The van der Waals surface area contributed by atoms with Crippen molar-refractivity contribution in [3.8, 4) is 10.6 Å². The van der Waals surface area contributed by atoms with E-state index in [-0.39, 0.29) is 0 Å². The number of benzene rings is 1. The number of thiocarbonyl (C=S) groups is 1. The summed E-state index contributed by atoms with van der Waals surface area (Å²) >= 11 is 6.23. The first-order valence-corrected chi connectivity index (χ1v) is 6.48. The minimum atomic E-state index is 0.808. The summed E-state index contributed by atoms with van der Waals surface area (Å²) in [5.41, 5.74) is 2.85. The van der Waals surface area contributed by atoms with Crippen molar-refractivity contribution in [3.05, 3.63) is 42.7 Å². The van der Waals surface area contributed by atoms with Crippen LogP contribution < -0.4 is 0 Å². The number of thiazole rings is 1. The van der Waals surface area contributed by atoms with E-state index in [9.17, 15) is 0 Å². The van der Waals surface area contributed by atoms with Gasteiger partial charge in [-0.05, 0) is 42.5 Å². The molecule has 0 unspecified atom stereocenters. The zero-order valence-electron chi connectivity index (χ0n) is 9.20. The molecule has 0 aliphatic heterocycles. The summed E-state index contributed by atoms with van der Waals surface area (Å²) in [4.78, 5) is 12.6. The first-order valence-electron chi connectivity index (χ1n) is 5.26. The Balaban J connectivity index is 2.14. The Morgan fingerprint density at radius 2 is 2.00 bits per heavy atom. The number of hydrogen-bond donors (Lipinski definition) is 0. The molecule has 0 N–H and O–H groups in total. The van der Waals surface area contributed by atoms with Crippen molar-refractivity contribution >= 4 is 44.6 Å². The van der Waals surface area contributed by atoms with Crippen molar-refractivity contribution in [1.82, 2.24) is 9.97 Å². The number of hydrogen-bond acceptors (Lipinski definition) is 5. The number of aromatic nitrogens is 2. The van der Waals surface area contributed by atoms with Gasteiger partial charge in [0.2, 0.25) is 0 Å². The summed E-state index contributed by atoms with van der Waals surface area (Å²) in [6.45, 7) is 0. The standard InChI is InChI=1S/C13H7N3S2/c17-8-15-10-1-2-11-12(7-10)18-13(16-11)9-3-5-14-6-4-9/h1-7H. The Bertz CT molecular complexity index is 743. The van der Waals surface area contributed by atoms with E-state index in [0.29, 0.717) is 0 Å². The third-order valence-electron chi connectivity index (χ3n) is 2.47. The van der Waals surface area contributed by atoms with Crippen LogP contribution in [0.25, 0.3) is 20.8 Å². The maximum Gasteiger partial charge on any atom is 0.124 e. The summed E-state index contributed by atoms with van der Waals surface area (Å²) < 4.78 is 1.09. The van der Waals surface area contributed by atoms with Gasteiger partial charge in [0.1, 0.15) is 5.01 Å². The summed E-state index contributed by atoms with van der Waals surface area (Å²) in [6, 6.07) is 9.71. The van der Waals surface area contributed by atoms with Crippen LogP contribution >= 0.6 is 23.6 Å². The molecule has 18 heavy (non-hydrogen) atoms. The van der Waals surface area contributed by atoms with Gasteiger partial charge in [-0.1, -0.05) is 0 Å². The highest BCUT2D eigenvalue weighted by atomic mass is 32.1. The summed E-state index contributed by atoms with van der Waals surface area (Å²) in [5.74, 6) is 0. The van der Waals surface area contributed by atoms with Gasteiger partial charge < -0.3 is 0 Å². The molecule has 86 valence electrons. The van der Waals surface area contributed by atoms with Crippen LogP contribution in [0.2, 0.25) is 0 Å². The lowest BCUT2D eigenvalue weighted by atomic mass is 10.3. The smallest absolute Gasteiger partial charge is 0.124 e. The number of pyridine rings is 1. The van der Waals surface area contributed by atoms with E-state index in [0.717, 1.165) is 26.5 Å². The highest BCUT2D eigenvalue weighted by Crippen LogP contribution is 2.31. The van der Waals surface area contributed by atoms with Crippen molar-refractivity contribution < 1.29 is 0 Å². The maximum absolute atomic E-state index is 4.60. The van der Waals surface area contributed by atoms with Crippen LogP contribution in [-0.2, 0) is 0 Å². The Labute approximate surface area is 113 Å². The average molecular weight is 269 g/mol. The molecule has 0 amide bonds. The van der Waals surface area contributed by atoms with Gasteiger partial charge in [0.15, 0.2) is 0 Å². The number of rotatable bonds is 2. The monoisotopic (exact) mass is 269 g/mol. The molecule has 1 aromatic carbocycles. The van der Waals surface area contributed by atoms with Crippen LogP contribution in [0.5, 0.6) is 0 Å². The molecule has 2 aromatic heterocycles. The number of isothiocyanates is 1. The first-order chi connectivity index (χ1) is 8.86. The lowest BCUT2D eigenvalue weighted by Gasteiger charge is -1.91. The molecule has 0 atom stereocenters. The van der Waals surface area contributed by atoms with Gasteiger partial charge in [-0.3, -0.25) is 4.98 Å². The Hall–Kier alpha value is -1.94. The third-order valence-corrected chi connectivity index (χ3v) is 3.63. The van der Waals surface area contributed by atoms with Gasteiger partial charge >= 0.3 is 0 Å². The van der Waals surface area contributed by atoms with E-state index < -0.39 is 0 Å². The summed E-state index contributed by atoms with van der Waals surface area (Å²) in [6.07, 6.45) is 3.53. The van der Waals surface area contributed by atoms with Gasteiger partial charge in [-0.15, -0.1) is 11.3 Å². The van der Waals surface area contributed by atoms with Gasteiger partial charge in [0, 0.05) is 18.0 Å². The van der Waals surface area contributed by atoms with Gasteiger partial charge in [0.25, 0.3) is 0 Å². The highest BCUT2D eigenvalue weighted by molar-refractivity contribution is 7.78. The van der Waals surface area contributed by atoms with Crippen LogP contribution in [0.1, 0.15) is 0 Å². The van der Waals surface area contributed by atoms with Crippen molar-refractivity contribution in [2.24, 2.45) is 4.99 Å². The van der Waals surface area contributed by atoms with Gasteiger partial charge in [-0.25, -0.2) is 4.98 Å². The fourth-order valence-corrected chi connectivity index (χ4v) is 2.76. The van der Waals surface area contributed by atoms with Crippen molar-refractivity contribution in [2.45, 2.75) is 0 Å². The molecule has 0 bridgehead atoms. The van der Waals surface area contributed by atoms with E-state index >= 15 is 0 Å². The molecule has 3 nitrogen and oxygen atoms in total. The molecule has 3 aromatic rings. The molecule has 0 radical (unpaired) electrons. The third kappa shape index (κ3) is 2.07. The fraction of sp³-hybridized carbons (Fsp3) is 0. The predicted molar refractivity (Wildman–Crippen MR) is 77.5 cm³/mol. The van der Waals surface area contributed by atoms with Crippen LogP contribution in [0.3, 0.4) is 0 Å². The molecule has 2 heterocycles. The second-order valence-corrected chi connectivity index (χ2v) is 4.82. The molecule has 0 saturated carbocycles. The minimum Gasteiger partial charge on any atom is -0.265 e. The molecule has 5 heteroatoms. The molecule has 0 spiro atoms. The second kappa shape index (κ2) is 4.74. The van der Waals surface area contributed by atoms with Crippen LogP contribution in [0, 0.1) is 0 Å². The molecule has 0 fully saturated rings. The van der Waals surface area contributed by atoms with Crippen molar-refractivity contribution in [2.75, 3.05) is 0 Å². The summed E-state index contributed by atoms with van der Waals surface area (Å²) in [7, 11) is 0. The van der Waals surface area contributed by atoms with E-state index in [4.69, 9.17) is 0 Å². The first kappa shape index (κ1) is 11.2. The maximum atomic E-state index is 4.60. The van der Waals surface area contributed by atoms with Gasteiger partial charge in [0.05, 0.1) is 21.1 Å². The zero-order chi connectivity index (χ0) is 12.4. The average Bonchev–Trinajstić information content (AvgIpc) is 2.83. The molecular formula is C13H7N3S2. The topological polar surface area (TPSA) is 38.1 Å². The van der Waals surface area contributed by atoms with Crippen LogP contribution in [0.15, 0.2) is 47.7 Å².